The number of amides is 2. The van der Waals surface area contributed by atoms with Gasteiger partial charge in [0.05, 0.1) is 24.0 Å². The van der Waals surface area contributed by atoms with Crippen LogP contribution < -0.4 is 0 Å². The zero-order valence-corrected chi connectivity index (χ0v) is 19.0. The first-order chi connectivity index (χ1) is 15.0. The Labute approximate surface area is 191 Å². The van der Waals surface area contributed by atoms with Crippen LogP contribution in [0.1, 0.15) is 22.8 Å². The second-order valence-corrected chi connectivity index (χ2v) is 11.5. The summed E-state index contributed by atoms with van der Waals surface area (Å²) in [5.74, 6) is -1.15. The van der Waals surface area contributed by atoms with Crippen molar-refractivity contribution in [2.24, 2.45) is 29.6 Å². The van der Waals surface area contributed by atoms with Gasteiger partial charge >= 0.3 is 5.97 Å². The van der Waals surface area contributed by atoms with Gasteiger partial charge in [-0.05, 0) is 48.0 Å². The molecule has 2 bridgehead atoms. The zero-order chi connectivity index (χ0) is 21.4. The Kier molecular flexibility index (Phi) is 4.42. The number of nitrogens with one attached hydrogen (secondary N) is 1. The predicted octanol–water partition coefficient (Wildman–Crippen LogP) is 2.85. The molecule has 1 N–H and O–H groups in total. The average molecular weight is 474 g/mol. The Bertz CT molecular complexity index is 1160. The minimum atomic E-state index is -0.566. The van der Waals surface area contributed by atoms with Crippen LogP contribution in [0.4, 0.5) is 0 Å². The van der Waals surface area contributed by atoms with Crippen LogP contribution >= 0.6 is 35.3 Å². The van der Waals surface area contributed by atoms with E-state index in [2.05, 4.69) is 16.0 Å². The molecule has 2 saturated carbocycles. The Balaban J connectivity index is 1.43. The molecule has 2 aliphatic heterocycles. The number of aromatic amines is 1. The molecule has 2 aromatic heterocycles. The largest absolute Gasteiger partial charge is 0.468 e. The summed E-state index contributed by atoms with van der Waals surface area (Å²) in [6.45, 7) is -0.296. The van der Waals surface area contributed by atoms with E-state index in [0.29, 0.717) is 0 Å². The summed E-state index contributed by atoms with van der Waals surface area (Å²) in [4.78, 5) is 48.3. The molecule has 6 rings (SSSR count). The summed E-state index contributed by atoms with van der Waals surface area (Å²) in [6, 6.07) is 4.03. The number of pyridine rings is 1. The summed E-state index contributed by atoms with van der Waals surface area (Å²) in [7, 11) is 1.27. The lowest BCUT2D eigenvalue weighted by Crippen LogP contribution is -2.42. The molecule has 2 amide bonds. The summed E-state index contributed by atoms with van der Waals surface area (Å²) in [5, 5.41) is 1.30. The monoisotopic (exact) mass is 473 g/mol. The Morgan fingerprint density at radius 1 is 1.32 bits per heavy atom. The first-order valence-electron chi connectivity index (χ1n) is 10.2. The summed E-state index contributed by atoms with van der Waals surface area (Å²) in [5.41, 5.74) is 1.12. The quantitative estimate of drug-likeness (QED) is 0.416. The van der Waals surface area contributed by atoms with Gasteiger partial charge in [-0.3, -0.25) is 24.3 Å². The number of thioether (sulfide) groups is 1. The molecule has 0 radical (unpaired) electrons. The van der Waals surface area contributed by atoms with Gasteiger partial charge in [-0.25, -0.2) is 0 Å². The summed E-state index contributed by atoms with van der Waals surface area (Å²) in [6.07, 6.45) is 4.53. The fourth-order valence-corrected chi connectivity index (χ4v) is 9.70. The highest BCUT2D eigenvalue weighted by Gasteiger charge is 2.69. The van der Waals surface area contributed by atoms with E-state index in [1.54, 1.807) is 29.3 Å². The van der Waals surface area contributed by atoms with Crippen molar-refractivity contribution < 1.29 is 19.1 Å². The van der Waals surface area contributed by atoms with Crippen molar-refractivity contribution in [1.29, 1.82) is 0 Å². The molecule has 2 aliphatic carbocycles. The van der Waals surface area contributed by atoms with Crippen LogP contribution in [-0.4, -0.2) is 51.6 Å². The van der Waals surface area contributed by atoms with Crippen molar-refractivity contribution in [2.45, 2.75) is 22.6 Å². The van der Waals surface area contributed by atoms with Crippen LogP contribution in [0.2, 0.25) is 0 Å². The van der Waals surface area contributed by atoms with E-state index in [-0.39, 0.29) is 59.1 Å². The number of nitrogens with zero attached hydrogens (tertiary/aromatic N) is 2. The zero-order valence-electron chi connectivity index (χ0n) is 16.5. The minimum absolute atomic E-state index is 0.0978. The molecule has 0 spiro atoms. The molecule has 10 heteroatoms. The number of hydrogen-bond donors (Lipinski definition) is 1. The molecular weight excluding hydrogens is 454 g/mol. The van der Waals surface area contributed by atoms with Crippen molar-refractivity contribution in [3.63, 3.8) is 0 Å². The average Bonchev–Trinajstić information content (AvgIpc) is 3.49. The lowest BCUT2D eigenvalue weighted by molar-refractivity contribution is -0.151. The lowest BCUT2D eigenvalue weighted by Gasteiger charge is -2.42. The van der Waals surface area contributed by atoms with Gasteiger partial charge in [-0.15, -0.1) is 23.1 Å². The van der Waals surface area contributed by atoms with E-state index < -0.39 is 5.97 Å². The maximum atomic E-state index is 13.3. The van der Waals surface area contributed by atoms with E-state index in [9.17, 15) is 14.4 Å². The van der Waals surface area contributed by atoms with Gasteiger partial charge in [0.25, 0.3) is 0 Å². The number of ether oxygens (including phenoxy) is 1. The minimum Gasteiger partial charge on any atom is -0.468 e. The van der Waals surface area contributed by atoms with Gasteiger partial charge in [0.2, 0.25) is 11.8 Å². The fourth-order valence-electron chi connectivity index (χ4n) is 6.36. The van der Waals surface area contributed by atoms with Crippen molar-refractivity contribution in [3.8, 4) is 0 Å². The molecule has 1 saturated heterocycles. The number of thiazole rings is 1. The van der Waals surface area contributed by atoms with Crippen LogP contribution in [0.25, 0.3) is 0 Å². The maximum Gasteiger partial charge on any atom is 0.325 e. The number of fused-ring (bicyclic) bond motifs is 9. The Hall–Kier alpha value is -2.04. The molecule has 7 unspecified atom stereocenters. The topological polar surface area (TPSA) is 92.4 Å². The van der Waals surface area contributed by atoms with Crippen LogP contribution in [0, 0.1) is 33.5 Å². The maximum absolute atomic E-state index is 13.3. The van der Waals surface area contributed by atoms with Gasteiger partial charge in [0.15, 0.2) is 3.95 Å². The molecule has 0 aromatic carbocycles. The van der Waals surface area contributed by atoms with Crippen LogP contribution in [0.3, 0.4) is 0 Å². The Morgan fingerprint density at radius 3 is 2.81 bits per heavy atom. The van der Waals surface area contributed by atoms with Gasteiger partial charge in [-0.2, -0.15) is 0 Å². The Morgan fingerprint density at radius 2 is 2.10 bits per heavy atom. The highest BCUT2D eigenvalue weighted by molar-refractivity contribution is 8.00. The third-order valence-electron chi connectivity index (χ3n) is 7.37. The lowest BCUT2D eigenvalue weighted by atomic mass is 9.68. The molecule has 4 heterocycles. The normalized spacial score (nSPS) is 35.1. The molecule has 7 atom stereocenters. The molecule has 31 heavy (non-hydrogen) atoms. The van der Waals surface area contributed by atoms with Crippen molar-refractivity contribution >= 4 is 53.1 Å². The molecule has 7 nitrogen and oxygen atoms in total. The first kappa shape index (κ1) is 19.6. The van der Waals surface area contributed by atoms with Crippen LogP contribution in [-0.2, 0) is 19.1 Å². The number of likely N-dealkylation sites (tertiary alicyclic amines) is 1. The number of H-pyrrole nitrogens is 1. The van der Waals surface area contributed by atoms with Crippen molar-refractivity contribution in [2.75, 3.05) is 13.7 Å². The molecule has 2 aromatic rings. The molecule has 160 valence electrons. The number of carbonyl (C=O) groups excluding carboxylic acids is 3. The molecule has 4 aliphatic rings. The van der Waals surface area contributed by atoms with Crippen molar-refractivity contribution in [1.82, 2.24) is 14.9 Å². The number of aromatic nitrogens is 2. The second-order valence-electron chi connectivity index (χ2n) is 8.59. The molecular formula is C21H19N3O4S3. The number of esters is 1. The van der Waals surface area contributed by atoms with Crippen LogP contribution in [0.5, 0.6) is 0 Å². The van der Waals surface area contributed by atoms with Gasteiger partial charge in [0.1, 0.15) is 6.54 Å². The van der Waals surface area contributed by atoms with Crippen molar-refractivity contribution in [3.05, 3.63) is 38.9 Å². The van der Waals surface area contributed by atoms with Gasteiger partial charge in [-0.1, -0.05) is 6.07 Å². The van der Waals surface area contributed by atoms with Crippen LogP contribution in [0.15, 0.2) is 29.6 Å². The SMILES string of the molecule is COC(=O)CN1C(=O)C2C3CC(C2C1=O)C1C(c2cccnc2)c2sc(=S)[nH]c2SC31. The standard InChI is InChI=1S/C21H19N3O4S3/c1-28-11(25)7-24-19(26)14-9-5-10(15(14)20(24)27)16-13(9)12(8-3-2-4-22-6-8)17-18(30-16)23-21(29)31-17/h2-4,6,9-10,12-16H,5,7H2,1H3,(H,23,29). The summed E-state index contributed by atoms with van der Waals surface area (Å²) >= 11 is 8.82. The van der Waals surface area contributed by atoms with Gasteiger partial charge < -0.3 is 9.72 Å². The third-order valence-corrected chi connectivity index (χ3v) is 10.3. The third kappa shape index (κ3) is 2.67. The highest BCUT2D eigenvalue weighted by atomic mass is 32.2. The van der Waals surface area contributed by atoms with E-state index in [0.717, 1.165) is 25.9 Å². The summed E-state index contributed by atoms with van der Waals surface area (Å²) < 4.78 is 5.45. The van der Waals surface area contributed by atoms with E-state index in [1.807, 2.05) is 12.3 Å². The fraction of sp³-hybridized carbons (Fsp3) is 0.476. The molecule has 3 fully saturated rings. The van der Waals surface area contributed by atoms with E-state index in [4.69, 9.17) is 17.0 Å². The number of carbonyl (C=O) groups is 3. The number of rotatable bonds is 3. The van der Waals surface area contributed by atoms with E-state index >= 15 is 0 Å². The van der Waals surface area contributed by atoms with E-state index in [1.165, 1.54) is 12.0 Å². The smallest absolute Gasteiger partial charge is 0.325 e. The second kappa shape index (κ2) is 6.98. The number of hydrogen-bond acceptors (Lipinski definition) is 8. The van der Waals surface area contributed by atoms with Gasteiger partial charge in [0, 0.05) is 28.4 Å². The first-order valence-corrected chi connectivity index (χ1v) is 12.3. The highest BCUT2D eigenvalue weighted by Crippen LogP contribution is 2.68. The number of imide groups is 1. The predicted molar refractivity (Wildman–Crippen MR) is 116 cm³/mol. The number of methoxy groups -OCH3 is 1.